The minimum absolute atomic E-state index is 0.108. The number of aromatic hydroxyl groups is 1. The summed E-state index contributed by atoms with van der Waals surface area (Å²) in [5, 5.41) is 22.3. The van der Waals surface area contributed by atoms with Gasteiger partial charge in [-0.1, -0.05) is 71.9 Å². The minimum Gasteiger partial charge on any atom is -0.508 e. The number of para-hydroxylation sites is 1. The molecule has 9 heteroatoms. The fourth-order valence-electron chi connectivity index (χ4n) is 3.97. The summed E-state index contributed by atoms with van der Waals surface area (Å²) in [5.74, 6) is 0.972. The number of anilines is 2. The molecule has 3 aromatic carbocycles. The topological polar surface area (TPSA) is 92.1 Å². The second-order valence-electron chi connectivity index (χ2n) is 8.02. The van der Waals surface area contributed by atoms with Crippen LogP contribution in [0.1, 0.15) is 24.1 Å². The molecule has 1 aliphatic heterocycles. The predicted octanol–water partition coefficient (Wildman–Crippen LogP) is 5.86. The third-order valence-electron chi connectivity index (χ3n) is 5.61. The molecule has 1 unspecified atom stereocenters. The number of allylic oxidation sites excluding steroid dienone is 1. The monoisotopic (exact) mass is 503 g/mol. The first-order chi connectivity index (χ1) is 17.0. The van der Waals surface area contributed by atoms with Gasteiger partial charge in [-0.25, -0.2) is 4.68 Å². The minimum atomic E-state index is -0.579. The molecule has 35 heavy (non-hydrogen) atoms. The highest BCUT2D eigenvalue weighted by Gasteiger charge is 2.34. The summed E-state index contributed by atoms with van der Waals surface area (Å²) in [6.07, 6.45) is 0. The van der Waals surface area contributed by atoms with Gasteiger partial charge < -0.3 is 15.7 Å². The first-order valence-corrected chi connectivity index (χ1v) is 12.3. The van der Waals surface area contributed by atoms with Crippen LogP contribution >= 0.6 is 23.4 Å². The Balaban J connectivity index is 1.50. The number of nitrogens with zero attached hydrogens (tertiary/aromatic N) is 3. The number of hydrogen-bond acceptors (Lipinski definition) is 6. The Labute approximate surface area is 211 Å². The fraction of sp³-hybridized carbons (Fsp3) is 0.115. The largest absolute Gasteiger partial charge is 0.508 e. The van der Waals surface area contributed by atoms with E-state index in [4.69, 9.17) is 16.7 Å². The zero-order valence-corrected chi connectivity index (χ0v) is 20.3. The molecule has 0 saturated heterocycles. The maximum atomic E-state index is 13.5. The highest BCUT2D eigenvalue weighted by atomic mass is 35.5. The maximum Gasteiger partial charge on any atom is 0.255 e. The van der Waals surface area contributed by atoms with Crippen LogP contribution in [0.3, 0.4) is 0 Å². The Bertz CT molecular complexity index is 1420. The van der Waals surface area contributed by atoms with E-state index < -0.39 is 6.04 Å². The molecule has 7 nitrogen and oxygen atoms in total. The molecule has 4 aromatic rings. The van der Waals surface area contributed by atoms with Crippen molar-refractivity contribution in [1.82, 2.24) is 14.8 Å². The van der Waals surface area contributed by atoms with Crippen molar-refractivity contribution in [3.05, 3.63) is 106 Å². The van der Waals surface area contributed by atoms with Crippen molar-refractivity contribution in [3.63, 3.8) is 0 Å². The molecule has 1 amide bonds. The van der Waals surface area contributed by atoms with Crippen LogP contribution in [0.5, 0.6) is 5.75 Å². The number of carbonyl (C=O) groups excluding carboxylic acids is 1. The number of phenolic OH excluding ortho intramolecular Hbond substituents is 1. The lowest BCUT2D eigenvalue weighted by Crippen LogP contribution is -2.31. The van der Waals surface area contributed by atoms with Crippen molar-refractivity contribution >= 4 is 40.9 Å². The first kappa shape index (κ1) is 23.0. The van der Waals surface area contributed by atoms with Crippen LogP contribution in [-0.2, 0) is 10.5 Å². The molecular weight excluding hydrogens is 482 g/mol. The van der Waals surface area contributed by atoms with Gasteiger partial charge in [-0.15, -0.1) is 5.10 Å². The Hall–Kier alpha value is -3.75. The van der Waals surface area contributed by atoms with Gasteiger partial charge >= 0.3 is 0 Å². The molecule has 0 bridgehead atoms. The van der Waals surface area contributed by atoms with Gasteiger partial charge in [-0.05, 0) is 48.4 Å². The van der Waals surface area contributed by atoms with E-state index >= 15 is 0 Å². The zero-order chi connectivity index (χ0) is 24.4. The Morgan fingerprint density at radius 1 is 1.11 bits per heavy atom. The van der Waals surface area contributed by atoms with Crippen LogP contribution in [0.25, 0.3) is 0 Å². The van der Waals surface area contributed by atoms with Crippen molar-refractivity contribution < 1.29 is 9.90 Å². The van der Waals surface area contributed by atoms with E-state index in [0.717, 1.165) is 11.1 Å². The van der Waals surface area contributed by atoms with Gasteiger partial charge in [0.2, 0.25) is 11.1 Å². The summed E-state index contributed by atoms with van der Waals surface area (Å²) in [5.41, 5.74) is 3.54. The van der Waals surface area contributed by atoms with Gasteiger partial charge in [0, 0.05) is 22.2 Å². The third-order valence-corrected chi connectivity index (χ3v) is 6.87. The van der Waals surface area contributed by atoms with Gasteiger partial charge in [0.1, 0.15) is 11.8 Å². The van der Waals surface area contributed by atoms with Crippen molar-refractivity contribution in [2.45, 2.75) is 23.9 Å². The lowest BCUT2D eigenvalue weighted by atomic mass is 9.95. The van der Waals surface area contributed by atoms with E-state index in [1.807, 2.05) is 67.6 Å². The molecule has 0 aliphatic carbocycles. The van der Waals surface area contributed by atoms with Gasteiger partial charge in [0.15, 0.2) is 0 Å². The predicted molar refractivity (Wildman–Crippen MR) is 139 cm³/mol. The number of thioether (sulfide) groups is 1. The number of carbonyl (C=O) groups is 1. The van der Waals surface area contributed by atoms with Gasteiger partial charge in [0.25, 0.3) is 5.91 Å². The molecule has 0 radical (unpaired) electrons. The highest BCUT2D eigenvalue weighted by molar-refractivity contribution is 7.98. The number of fused-ring (bicyclic) bond motifs is 1. The standard InChI is InChI=1S/C26H22ClN5O2S/c1-16-22(24(34)29-19-10-3-2-4-11-19)23(17-9-7-12-20(33)14-17)32-25(28-16)30-26(31-32)35-15-18-8-5-6-13-21(18)27/h2-14,23,33H,15H2,1H3,(H,29,34)(H,28,30,31). The SMILES string of the molecule is CC1=C(C(=O)Nc2ccccc2)C(c2cccc(O)c2)n2nc(SCc3ccccc3Cl)nc2N1. The normalized spacial score (nSPS) is 14.9. The van der Waals surface area contributed by atoms with Gasteiger partial charge in [-0.3, -0.25) is 4.79 Å². The third kappa shape index (κ3) is 4.89. The molecule has 0 saturated carbocycles. The highest BCUT2D eigenvalue weighted by Crippen LogP contribution is 2.38. The molecule has 176 valence electrons. The molecule has 5 rings (SSSR count). The summed E-state index contributed by atoms with van der Waals surface area (Å²) in [6, 6.07) is 23.2. The molecule has 1 aromatic heterocycles. The van der Waals surface area contributed by atoms with Crippen molar-refractivity contribution in [1.29, 1.82) is 0 Å². The number of aromatic nitrogens is 3. The van der Waals surface area contributed by atoms with E-state index in [-0.39, 0.29) is 11.7 Å². The van der Waals surface area contributed by atoms with Gasteiger partial charge in [-0.2, -0.15) is 4.98 Å². The van der Waals surface area contributed by atoms with E-state index in [9.17, 15) is 9.90 Å². The van der Waals surface area contributed by atoms with E-state index in [1.54, 1.807) is 22.9 Å². The second-order valence-corrected chi connectivity index (χ2v) is 9.37. The lowest BCUT2D eigenvalue weighted by Gasteiger charge is -2.28. The summed E-state index contributed by atoms with van der Waals surface area (Å²) in [6.45, 7) is 1.84. The summed E-state index contributed by atoms with van der Waals surface area (Å²) in [7, 11) is 0. The van der Waals surface area contributed by atoms with Crippen LogP contribution in [0.15, 0.2) is 95.3 Å². The number of rotatable bonds is 6. The van der Waals surface area contributed by atoms with Crippen LogP contribution in [0, 0.1) is 0 Å². The number of amides is 1. The van der Waals surface area contributed by atoms with Crippen molar-refractivity contribution in [3.8, 4) is 5.75 Å². The van der Waals surface area contributed by atoms with Crippen LogP contribution < -0.4 is 10.6 Å². The summed E-state index contributed by atoms with van der Waals surface area (Å²) < 4.78 is 1.69. The van der Waals surface area contributed by atoms with Gasteiger partial charge in [0.05, 0.1) is 5.57 Å². The summed E-state index contributed by atoms with van der Waals surface area (Å²) in [4.78, 5) is 18.1. The average Bonchev–Trinajstić information content (AvgIpc) is 3.25. The number of benzene rings is 3. The Morgan fingerprint density at radius 3 is 2.66 bits per heavy atom. The molecule has 0 spiro atoms. The van der Waals surface area contributed by atoms with Crippen molar-refractivity contribution in [2.24, 2.45) is 0 Å². The molecule has 1 atom stereocenters. The molecule has 3 N–H and O–H groups in total. The summed E-state index contributed by atoms with van der Waals surface area (Å²) >= 11 is 7.76. The first-order valence-electron chi connectivity index (χ1n) is 11.0. The van der Waals surface area contributed by atoms with E-state index in [1.165, 1.54) is 11.8 Å². The number of phenols is 1. The quantitative estimate of drug-likeness (QED) is 0.285. The van der Waals surface area contributed by atoms with Crippen LogP contribution in [0.2, 0.25) is 5.02 Å². The van der Waals surface area contributed by atoms with Crippen molar-refractivity contribution in [2.75, 3.05) is 10.6 Å². The fourth-order valence-corrected chi connectivity index (χ4v) is 5.08. The molecule has 1 aliphatic rings. The van der Waals surface area contributed by atoms with Crippen LogP contribution in [-0.4, -0.2) is 25.8 Å². The maximum absolute atomic E-state index is 13.5. The zero-order valence-electron chi connectivity index (χ0n) is 18.8. The molecular formula is C26H22ClN5O2S. The number of hydrogen-bond donors (Lipinski definition) is 3. The van der Waals surface area contributed by atoms with E-state index in [0.29, 0.717) is 38.8 Å². The molecule has 0 fully saturated rings. The lowest BCUT2D eigenvalue weighted by molar-refractivity contribution is -0.113. The van der Waals surface area contributed by atoms with E-state index in [2.05, 4.69) is 15.6 Å². The average molecular weight is 504 g/mol. The number of nitrogens with one attached hydrogen (secondary N) is 2. The van der Waals surface area contributed by atoms with Crippen LogP contribution in [0.4, 0.5) is 11.6 Å². The Kier molecular flexibility index (Phi) is 6.48. The second kappa shape index (κ2) is 9.85. The molecule has 2 heterocycles. The number of halogens is 1. The smallest absolute Gasteiger partial charge is 0.255 e. The Morgan fingerprint density at radius 2 is 1.89 bits per heavy atom.